The van der Waals surface area contributed by atoms with Crippen LogP contribution in [0, 0.1) is 5.92 Å². The number of carbonyl (C=O) groups excluding carboxylic acids is 2. The second-order valence-electron chi connectivity index (χ2n) is 6.94. The van der Waals surface area contributed by atoms with Gasteiger partial charge >= 0.3 is 0 Å². The average molecular weight is 364 g/mol. The van der Waals surface area contributed by atoms with Crippen LogP contribution in [-0.2, 0) is 9.59 Å². The molecule has 1 aromatic carbocycles. The van der Waals surface area contributed by atoms with Crippen LogP contribution in [0.15, 0.2) is 35.6 Å². The van der Waals surface area contributed by atoms with Crippen molar-refractivity contribution in [1.82, 2.24) is 4.90 Å². The van der Waals surface area contributed by atoms with Crippen LogP contribution in [0.4, 0.5) is 0 Å². The lowest BCUT2D eigenvalue weighted by atomic mass is 9.92. The molecule has 0 radical (unpaired) electrons. The van der Waals surface area contributed by atoms with Gasteiger partial charge in [0.1, 0.15) is 0 Å². The minimum Gasteiger partial charge on any atom is -0.503 e. The van der Waals surface area contributed by atoms with Gasteiger partial charge in [0.2, 0.25) is 0 Å². The zero-order valence-corrected chi connectivity index (χ0v) is 15.8. The number of aliphatic hydroxyl groups excluding tert-OH is 1. The summed E-state index contributed by atoms with van der Waals surface area (Å²) in [7, 11) is 0. The molecule has 0 aromatic heterocycles. The molecule has 1 unspecified atom stereocenters. The van der Waals surface area contributed by atoms with Gasteiger partial charge in [-0.3, -0.25) is 9.59 Å². The first-order valence-corrected chi connectivity index (χ1v) is 9.27. The first kappa shape index (κ1) is 19.5. The molecule has 0 fully saturated rings. The molecule has 1 aromatic rings. The van der Waals surface area contributed by atoms with Crippen molar-refractivity contribution >= 4 is 23.3 Å². The molecule has 1 aliphatic heterocycles. The second kappa shape index (κ2) is 8.52. The lowest BCUT2D eigenvalue weighted by Crippen LogP contribution is -2.32. The van der Waals surface area contributed by atoms with Gasteiger partial charge in [-0.05, 0) is 30.0 Å². The Morgan fingerprint density at radius 2 is 1.88 bits per heavy atom. The molecule has 1 atom stereocenters. The molecule has 0 bridgehead atoms. The highest BCUT2D eigenvalue weighted by Crippen LogP contribution is 2.39. The molecule has 1 heterocycles. The normalized spacial score (nSPS) is 17.7. The zero-order chi connectivity index (χ0) is 18.6. The number of hydrogen-bond donors (Lipinski definition) is 1. The van der Waals surface area contributed by atoms with Gasteiger partial charge in [0.05, 0.1) is 11.6 Å². The number of carbonyl (C=O) groups is 2. The number of nitrogens with zero attached hydrogens (tertiary/aromatic N) is 1. The smallest absolute Gasteiger partial charge is 0.290 e. The van der Waals surface area contributed by atoms with Gasteiger partial charge in [-0.2, -0.15) is 0 Å². The number of halogens is 1. The van der Waals surface area contributed by atoms with E-state index in [9.17, 15) is 14.7 Å². The Kier molecular flexibility index (Phi) is 6.65. The monoisotopic (exact) mass is 363 g/mol. The van der Waals surface area contributed by atoms with Crippen molar-refractivity contribution in [3.8, 4) is 0 Å². The Morgan fingerprint density at radius 1 is 1.24 bits per heavy atom. The van der Waals surface area contributed by atoms with E-state index in [0.29, 0.717) is 18.0 Å². The van der Waals surface area contributed by atoms with Crippen molar-refractivity contribution in [1.29, 1.82) is 0 Å². The van der Waals surface area contributed by atoms with Gasteiger partial charge in [-0.25, -0.2) is 0 Å². The molecule has 5 heteroatoms. The molecule has 0 spiro atoms. The summed E-state index contributed by atoms with van der Waals surface area (Å²) in [4.78, 5) is 26.9. The van der Waals surface area contributed by atoms with Crippen molar-refractivity contribution in [2.24, 2.45) is 5.92 Å². The van der Waals surface area contributed by atoms with Crippen LogP contribution in [0.5, 0.6) is 0 Å². The maximum absolute atomic E-state index is 12.7. The topological polar surface area (TPSA) is 57.6 Å². The maximum atomic E-state index is 12.7. The maximum Gasteiger partial charge on any atom is 0.290 e. The number of benzene rings is 1. The Hall–Kier alpha value is -1.81. The fraction of sp³-hybridized carbons (Fsp3) is 0.500. The van der Waals surface area contributed by atoms with E-state index in [2.05, 4.69) is 6.92 Å². The van der Waals surface area contributed by atoms with Crippen LogP contribution in [0.2, 0.25) is 5.02 Å². The molecule has 25 heavy (non-hydrogen) atoms. The first-order chi connectivity index (χ1) is 11.9. The third-order valence-electron chi connectivity index (χ3n) is 4.39. The van der Waals surface area contributed by atoms with E-state index in [1.807, 2.05) is 26.0 Å². The van der Waals surface area contributed by atoms with Crippen LogP contribution in [0.3, 0.4) is 0 Å². The summed E-state index contributed by atoms with van der Waals surface area (Å²) in [5, 5.41) is 11.0. The molecule has 0 aliphatic carbocycles. The second-order valence-corrected chi connectivity index (χ2v) is 7.38. The zero-order valence-electron chi connectivity index (χ0n) is 15.1. The van der Waals surface area contributed by atoms with Crippen molar-refractivity contribution in [3.05, 3.63) is 46.2 Å². The van der Waals surface area contributed by atoms with E-state index < -0.39 is 17.7 Å². The molecular weight excluding hydrogens is 338 g/mol. The SMILES string of the molecule is CCCCCN1C(=O)C(O)=C(C(=O)CC(C)C)C1c1ccc(Cl)cc1. The number of unbranched alkanes of at least 4 members (excludes halogenated alkanes) is 2. The number of ketones is 1. The minimum absolute atomic E-state index is 0.155. The van der Waals surface area contributed by atoms with Gasteiger partial charge in [0.15, 0.2) is 11.5 Å². The highest BCUT2D eigenvalue weighted by molar-refractivity contribution is 6.30. The summed E-state index contributed by atoms with van der Waals surface area (Å²) in [5.74, 6) is -0.869. The predicted octanol–water partition coefficient (Wildman–Crippen LogP) is 4.84. The predicted molar refractivity (Wildman–Crippen MR) is 99.5 cm³/mol. The van der Waals surface area contributed by atoms with Crippen LogP contribution in [-0.4, -0.2) is 28.2 Å². The standard InChI is InChI=1S/C20H26ClNO3/c1-4-5-6-11-22-18(14-7-9-15(21)10-8-14)17(19(24)20(22)25)16(23)12-13(2)3/h7-10,13,18,24H,4-6,11-12H2,1-3H3. The number of aliphatic hydroxyl groups is 1. The van der Waals surface area contributed by atoms with Crippen molar-refractivity contribution < 1.29 is 14.7 Å². The van der Waals surface area contributed by atoms with Crippen molar-refractivity contribution in [2.75, 3.05) is 6.54 Å². The quantitative estimate of drug-likeness (QED) is 0.672. The Bertz CT molecular complexity index is 664. The number of amides is 1. The van der Waals surface area contributed by atoms with E-state index in [0.717, 1.165) is 24.8 Å². The lowest BCUT2D eigenvalue weighted by molar-refractivity contribution is -0.129. The molecular formula is C20H26ClNO3. The van der Waals surface area contributed by atoms with E-state index in [1.54, 1.807) is 17.0 Å². The molecule has 2 rings (SSSR count). The fourth-order valence-electron chi connectivity index (χ4n) is 3.17. The molecule has 4 nitrogen and oxygen atoms in total. The third-order valence-corrected chi connectivity index (χ3v) is 4.64. The summed E-state index contributed by atoms with van der Waals surface area (Å²) in [6, 6.07) is 6.58. The van der Waals surface area contributed by atoms with Crippen LogP contribution < -0.4 is 0 Å². The van der Waals surface area contributed by atoms with Gasteiger partial charge < -0.3 is 10.0 Å². The number of Topliss-reactive ketones (excluding diaryl/α,β-unsaturated/α-hetero) is 1. The Labute approximate surface area is 154 Å². The van der Waals surface area contributed by atoms with Crippen LogP contribution in [0.1, 0.15) is 58.1 Å². The Balaban J connectivity index is 2.40. The first-order valence-electron chi connectivity index (χ1n) is 8.89. The fourth-order valence-corrected chi connectivity index (χ4v) is 3.30. The largest absolute Gasteiger partial charge is 0.503 e. The summed E-state index contributed by atoms with van der Waals surface area (Å²) in [5.41, 5.74) is 1.02. The third kappa shape index (κ3) is 4.43. The van der Waals surface area contributed by atoms with E-state index >= 15 is 0 Å². The average Bonchev–Trinajstić information content (AvgIpc) is 2.80. The molecule has 1 aliphatic rings. The summed E-state index contributed by atoms with van der Waals surface area (Å²) < 4.78 is 0. The molecule has 0 saturated carbocycles. The summed E-state index contributed by atoms with van der Waals surface area (Å²) >= 11 is 5.97. The number of hydrogen-bond acceptors (Lipinski definition) is 3. The minimum atomic E-state index is -0.534. The van der Waals surface area contributed by atoms with Crippen molar-refractivity contribution in [2.45, 2.75) is 52.5 Å². The Morgan fingerprint density at radius 3 is 2.44 bits per heavy atom. The van der Waals surface area contributed by atoms with E-state index in [-0.39, 0.29) is 17.3 Å². The van der Waals surface area contributed by atoms with E-state index in [1.165, 1.54) is 0 Å². The highest BCUT2D eigenvalue weighted by Gasteiger charge is 2.42. The van der Waals surface area contributed by atoms with E-state index in [4.69, 9.17) is 11.6 Å². The van der Waals surface area contributed by atoms with Gasteiger partial charge in [0.25, 0.3) is 5.91 Å². The highest BCUT2D eigenvalue weighted by atomic mass is 35.5. The molecule has 136 valence electrons. The molecule has 1 N–H and O–H groups in total. The summed E-state index contributed by atoms with van der Waals surface area (Å²) in [6.45, 7) is 6.50. The van der Waals surface area contributed by atoms with Crippen molar-refractivity contribution in [3.63, 3.8) is 0 Å². The molecule has 0 saturated heterocycles. The van der Waals surface area contributed by atoms with Gasteiger partial charge in [-0.1, -0.05) is 57.3 Å². The lowest BCUT2D eigenvalue weighted by Gasteiger charge is -2.27. The van der Waals surface area contributed by atoms with Crippen LogP contribution >= 0.6 is 11.6 Å². The van der Waals surface area contributed by atoms with Crippen LogP contribution in [0.25, 0.3) is 0 Å². The van der Waals surface area contributed by atoms with Gasteiger partial charge in [0, 0.05) is 18.0 Å². The molecule has 1 amide bonds. The van der Waals surface area contributed by atoms with Gasteiger partial charge in [-0.15, -0.1) is 0 Å². The number of rotatable bonds is 8. The summed E-state index contributed by atoms with van der Waals surface area (Å²) in [6.07, 6.45) is 3.17.